The quantitative estimate of drug-likeness (QED) is 0.267. The van der Waals surface area contributed by atoms with Crippen LogP contribution in [0.15, 0.2) is 90.5 Å². The predicted octanol–water partition coefficient (Wildman–Crippen LogP) is 6.28. The summed E-state index contributed by atoms with van der Waals surface area (Å²) in [7, 11) is 1.56. The van der Waals surface area contributed by atoms with Gasteiger partial charge in [-0.05, 0) is 59.2 Å². The molecule has 1 amide bonds. The van der Waals surface area contributed by atoms with Gasteiger partial charge >= 0.3 is 0 Å². The van der Waals surface area contributed by atoms with E-state index in [9.17, 15) is 10.1 Å². The Bertz CT molecular complexity index is 1390. The Hall–Kier alpha value is -4.56. The highest BCUT2D eigenvalue weighted by atomic mass is 16.5. The first-order chi connectivity index (χ1) is 16.6. The topological polar surface area (TPSA) is 71.3 Å². The van der Waals surface area contributed by atoms with E-state index in [1.807, 2.05) is 49.4 Å². The van der Waals surface area contributed by atoms with Crippen LogP contribution >= 0.6 is 0 Å². The standard InChI is InChI=1S/C29H24N2O3/c1-20-10-13-25(14-11-20)31-29(32)24(18-30)16-21-12-15-27(28(17-21)33-2)34-19-23-8-5-7-22-6-3-4-9-26(22)23/h3-17H,19H2,1-2H3,(H,31,32)/b24-16-. The molecular weight excluding hydrogens is 424 g/mol. The van der Waals surface area contributed by atoms with Crippen molar-refractivity contribution in [3.63, 3.8) is 0 Å². The van der Waals surface area contributed by atoms with E-state index < -0.39 is 5.91 Å². The van der Waals surface area contributed by atoms with Crippen molar-refractivity contribution in [2.24, 2.45) is 0 Å². The SMILES string of the molecule is COc1cc(/C=C(/C#N)C(=O)Nc2ccc(C)cc2)ccc1OCc1cccc2ccccc12. The first-order valence-electron chi connectivity index (χ1n) is 10.8. The van der Waals surface area contributed by atoms with Gasteiger partial charge in [-0.2, -0.15) is 5.26 Å². The lowest BCUT2D eigenvalue weighted by atomic mass is 10.1. The van der Waals surface area contributed by atoms with E-state index >= 15 is 0 Å². The molecule has 0 atom stereocenters. The molecule has 0 aromatic heterocycles. The molecule has 0 radical (unpaired) electrons. The van der Waals surface area contributed by atoms with Crippen LogP contribution in [0, 0.1) is 18.3 Å². The fourth-order valence-electron chi connectivity index (χ4n) is 3.62. The Morgan fingerprint density at radius 1 is 0.971 bits per heavy atom. The fraction of sp³-hybridized carbons (Fsp3) is 0.103. The monoisotopic (exact) mass is 448 g/mol. The van der Waals surface area contributed by atoms with Gasteiger partial charge in [0.05, 0.1) is 7.11 Å². The minimum absolute atomic E-state index is 0.00736. The molecule has 168 valence electrons. The number of rotatable bonds is 7. The Kier molecular flexibility index (Phi) is 6.90. The maximum atomic E-state index is 12.6. The molecule has 4 rings (SSSR count). The molecule has 0 saturated carbocycles. The van der Waals surface area contributed by atoms with Crippen molar-refractivity contribution < 1.29 is 14.3 Å². The minimum atomic E-state index is -0.471. The summed E-state index contributed by atoms with van der Waals surface area (Å²) in [6.07, 6.45) is 1.53. The van der Waals surface area contributed by atoms with Crippen molar-refractivity contribution in [3.05, 3.63) is 107 Å². The number of carbonyl (C=O) groups is 1. The van der Waals surface area contributed by atoms with Crippen LogP contribution in [0.5, 0.6) is 11.5 Å². The van der Waals surface area contributed by atoms with Crippen LogP contribution in [0.2, 0.25) is 0 Å². The molecule has 34 heavy (non-hydrogen) atoms. The van der Waals surface area contributed by atoms with Gasteiger partial charge in [0.15, 0.2) is 11.5 Å². The van der Waals surface area contributed by atoms with Crippen molar-refractivity contribution in [2.75, 3.05) is 12.4 Å². The largest absolute Gasteiger partial charge is 0.493 e. The van der Waals surface area contributed by atoms with Crippen molar-refractivity contribution in [3.8, 4) is 17.6 Å². The second kappa shape index (κ2) is 10.4. The number of carbonyl (C=O) groups excluding carboxylic acids is 1. The molecular formula is C29H24N2O3. The molecule has 5 heteroatoms. The maximum absolute atomic E-state index is 12.6. The first kappa shape index (κ1) is 22.6. The van der Waals surface area contributed by atoms with E-state index in [1.165, 1.54) is 6.08 Å². The van der Waals surface area contributed by atoms with Crippen LogP contribution < -0.4 is 14.8 Å². The predicted molar refractivity (Wildman–Crippen MR) is 135 cm³/mol. The smallest absolute Gasteiger partial charge is 0.266 e. The number of nitrogens with one attached hydrogen (secondary N) is 1. The summed E-state index contributed by atoms with van der Waals surface area (Å²) in [6, 6.07) is 29.0. The fourth-order valence-corrected chi connectivity index (χ4v) is 3.62. The van der Waals surface area contributed by atoms with Gasteiger partial charge in [0, 0.05) is 5.69 Å². The molecule has 0 heterocycles. The molecule has 4 aromatic rings. The van der Waals surface area contributed by atoms with Crippen molar-refractivity contribution in [1.29, 1.82) is 5.26 Å². The number of fused-ring (bicyclic) bond motifs is 1. The van der Waals surface area contributed by atoms with E-state index in [1.54, 1.807) is 37.4 Å². The van der Waals surface area contributed by atoms with Gasteiger partial charge in [-0.25, -0.2) is 0 Å². The molecule has 0 saturated heterocycles. The zero-order valence-corrected chi connectivity index (χ0v) is 19.0. The summed E-state index contributed by atoms with van der Waals surface area (Å²) in [5.41, 5.74) is 3.44. The summed E-state index contributed by atoms with van der Waals surface area (Å²) < 4.78 is 11.6. The van der Waals surface area contributed by atoms with E-state index in [0.29, 0.717) is 29.4 Å². The zero-order chi connectivity index (χ0) is 23.9. The van der Waals surface area contributed by atoms with Gasteiger partial charge in [0.25, 0.3) is 5.91 Å². The van der Waals surface area contributed by atoms with Crippen molar-refractivity contribution in [2.45, 2.75) is 13.5 Å². The molecule has 5 nitrogen and oxygen atoms in total. The summed E-state index contributed by atoms with van der Waals surface area (Å²) in [5, 5.41) is 14.6. The Morgan fingerprint density at radius 3 is 2.50 bits per heavy atom. The lowest BCUT2D eigenvalue weighted by molar-refractivity contribution is -0.112. The van der Waals surface area contributed by atoms with Crippen molar-refractivity contribution >= 4 is 28.4 Å². The van der Waals surface area contributed by atoms with Gasteiger partial charge in [0.1, 0.15) is 18.2 Å². The zero-order valence-electron chi connectivity index (χ0n) is 19.0. The average molecular weight is 449 g/mol. The third-order valence-corrected chi connectivity index (χ3v) is 5.44. The average Bonchev–Trinajstić information content (AvgIpc) is 2.87. The Labute approximate surface area is 198 Å². The van der Waals surface area contributed by atoms with Crippen LogP contribution in [0.4, 0.5) is 5.69 Å². The molecule has 4 aromatic carbocycles. The highest BCUT2D eigenvalue weighted by molar-refractivity contribution is 6.09. The summed E-state index contributed by atoms with van der Waals surface area (Å²) in [6.45, 7) is 2.35. The number of hydrogen-bond donors (Lipinski definition) is 1. The number of benzene rings is 4. The molecule has 0 aliphatic carbocycles. The van der Waals surface area contributed by atoms with Crippen LogP contribution in [-0.2, 0) is 11.4 Å². The van der Waals surface area contributed by atoms with E-state index in [4.69, 9.17) is 9.47 Å². The van der Waals surface area contributed by atoms with Crippen molar-refractivity contribution in [1.82, 2.24) is 0 Å². The number of methoxy groups -OCH3 is 1. The number of anilines is 1. The third kappa shape index (κ3) is 5.25. The number of ether oxygens (including phenoxy) is 2. The molecule has 0 spiro atoms. The van der Waals surface area contributed by atoms with E-state index in [-0.39, 0.29) is 5.57 Å². The van der Waals surface area contributed by atoms with Crippen LogP contribution in [-0.4, -0.2) is 13.0 Å². The molecule has 0 bridgehead atoms. The summed E-state index contributed by atoms with van der Waals surface area (Å²) in [4.78, 5) is 12.6. The second-order valence-corrected chi connectivity index (χ2v) is 7.83. The first-order valence-corrected chi connectivity index (χ1v) is 10.8. The van der Waals surface area contributed by atoms with Gasteiger partial charge in [-0.3, -0.25) is 4.79 Å². The molecule has 0 fully saturated rings. The van der Waals surface area contributed by atoms with Gasteiger partial charge in [-0.1, -0.05) is 66.2 Å². The Morgan fingerprint density at radius 2 is 1.74 bits per heavy atom. The van der Waals surface area contributed by atoms with Gasteiger partial charge in [-0.15, -0.1) is 0 Å². The van der Waals surface area contributed by atoms with Crippen LogP contribution in [0.3, 0.4) is 0 Å². The van der Waals surface area contributed by atoms with E-state index in [2.05, 4.69) is 23.5 Å². The number of nitriles is 1. The van der Waals surface area contributed by atoms with Crippen LogP contribution in [0.25, 0.3) is 16.8 Å². The Balaban J connectivity index is 1.51. The van der Waals surface area contributed by atoms with E-state index in [0.717, 1.165) is 21.9 Å². The van der Waals surface area contributed by atoms with Gasteiger partial charge < -0.3 is 14.8 Å². The number of aryl methyl sites for hydroxylation is 1. The maximum Gasteiger partial charge on any atom is 0.266 e. The third-order valence-electron chi connectivity index (χ3n) is 5.44. The van der Waals surface area contributed by atoms with Crippen LogP contribution in [0.1, 0.15) is 16.7 Å². The number of amides is 1. The highest BCUT2D eigenvalue weighted by Gasteiger charge is 2.12. The lowest BCUT2D eigenvalue weighted by Gasteiger charge is -2.13. The highest BCUT2D eigenvalue weighted by Crippen LogP contribution is 2.30. The van der Waals surface area contributed by atoms with Gasteiger partial charge in [0.2, 0.25) is 0 Å². The molecule has 1 N–H and O–H groups in total. The molecule has 0 aliphatic heterocycles. The number of hydrogen-bond acceptors (Lipinski definition) is 4. The normalized spacial score (nSPS) is 11.0. The molecule has 0 aliphatic rings. The second-order valence-electron chi connectivity index (χ2n) is 7.83. The lowest BCUT2D eigenvalue weighted by Crippen LogP contribution is -2.13. The summed E-state index contributed by atoms with van der Waals surface area (Å²) in [5.74, 6) is 0.627. The minimum Gasteiger partial charge on any atom is -0.493 e. The summed E-state index contributed by atoms with van der Waals surface area (Å²) >= 11 is 0. The number of nitrogens with zero attached hydrogens (tertiary/aromatic N) is 1. The molecule has 0 unspecified atom stereocenters.